The Morgan fingerprint density at radius 2 is 1.90 bits per heavy atom. The molecule has 3 N–H and O–H groups in total. The number of hydrogen-bond donors (Lipinski definition) is 3. The summed E-state index contributed by atoms with van der Waals surface area (Å²) in [6.07, 6.45) is 1.43. The standard InChI is InChI=1S/C16H23NO4/c1-11-10-12(4-5-13(11)18)15(21)17-9-8-16(2,3)7-6-14(19)20/h4-5,10,18H,6-9H2,1-3H3,(H,17,21)(H,19,20). The van der Waals surface area contributed by atoms with Gasteiger partial charge >= 0.3 is 5.97 Å². The maximum absolute atomic E-state index is 12.0. The Kier molecular flexibility index (Phi) is 5.76. The van der Waals surface area contributed by atoms with E-state index in [9.17, 15) is 14.7 Å². The van der Waals surface area contributed by atoms with E-state index in [1.165, 1.54) is 6.07 Å². The first kappa shape index (κ1) is 17.0. The molecule has 0 unspecified atom stereocenters. The lowest BCUT2D eigenvalue weighted by atomic mass is 9.84. The first-order chi connectivity index (χ1) is 9.71. The van der Waals surface area contributed by atoms with Gasteiger partial charge in [-0.25, -0.2) is 0 Å². The van der Waals surface area contributed by atoms with Gasteiger partial charge in [-0.05, 0) is 48.9 Å². The van der Waals surface area contributed by atoms with Crippen molar-refractivity contribution in [2.45, 2.75) is 40.0 Å². The third-order valence-electron chi connectivity index (χ3n) is 3.56. The van der Waals surface area contributed by atoms with Crippen LogP contribution in [0.3, 0.4) is 0 Å². The van der Waals surface area contributed by atoms with Crippen LogP contribution in [0.25, 0.3) is 0 Å². The number of carbonyl (C=O) groups is 2. The summed E-state index contributed by atoms with van der Waals surface area (Å²) in [7, 11) is 0. The largest absolute Gasteiger partial charge is 0.508 e. The minimum Gasteiger partial charge on any atom is -0.508 e. The molecule has 0 aromatic heterocycles. The topological polar surface area (TPSA) is 86.6 Å². The highest BCUT2D eigenvalue weighted by Gasteiger charge is 2.19. The van der Waals surface area contributed by atoms with E-state index in [4.69, 9.17) is 5.11 Å². The molecule has 0 spiro atoms. The van der Waals surface area contributed by atoms with Crippen molar-refractivity contribution in [3.8, 4) is 5.75 Å². The molecule has 0 heterocycles. The molecule has 21 heavy (non-hydrogen) atoms. The molecule has 0 aliphatic heterocycles. The van der Waals surface area contributed by atoms with Crippen molar-refractivity contribution in [2.24, 2.45) is 5.41 Å². The second-order valence-corrected chi connectivity index (χ2v) is 6.07. The van der Waals surface area contributed by atoms with Gasteiger partial charge in [0.15, 0.2) is 0 Å². The number of rotatable bonds is 7. The highest BCUT2D eigenvalue weighted by molar-refractivity contribution is 5.94. The van der Waals surface area contributed by atoms with Gasteiger partial charge in [0.1, 0.15) is 5.75 Å². The summed E-state index contributed by atoms with van der Waals surface area (Å²) in [5.41, 5.74) is 1.04. The number of nitrogens with one attached hydrogen (secondary N) is 1. The highest BCUT2D eigenvalue weighted by Crippen LogP contribution is 2.26. The number of amides is 1. The van der Waals surface area contributed by atoms with Crippen LogP contribution < -0.4 is 5.32 Å². The van der Waals surface area contributed by atoms with E-state index in [0.29, 0.717) is 30.5 Å². The molecule has 0 bridgehead atoms. The quantitative estimate of drug-likeness (QED) is 0.721. The fourth-order valence-corrected chi connectivity index (χ4v) is 1.98. The molecule has 5 heteroatoms. The van der Waals surface area contributed by atoms with E-state index in [-0.39, 0.29) is 23.5 Å². The first-order valence-corrected chi connectivity index (χ1v) is 7.01. The Morgan fingerprint density at radius 1 is 1.24 bits per heavy atom. The number of phenolic OH excluding ortho intramolecular Hbond substituents is 1. The molecule has 116 valence electrons. The van der Waals surface area contributed by atoms with Crippen LogP contribution in [-0.2, 0) is 4.79 Å². The minimum absolute atomic E-state index is 0.128. The Balaban J connectivity index is 2.46. The number of carbonyl (C=O) groups excluding carboxylic acids is 1. The molecular weight excluding hydrogens is 270 g/mol. The molecule has 0 saturated heterocycles. The summed E-state index contributed by atoms with van der Waals surface area (Å²) in [4.78, 5) is 22.6. The molecule has 0 radical (unpaired) electrons. The number of hydrogen-bond acceptors (Lipinski definition) is 3. The lowest BCUT2D eigenvalue weighted by molar-refractivity contribution is -0.137. The lowest BCUT2D eigenvalue weighted by Gasteiger charge is -2.23. The summed E-state index contributed by atoms with van der Waals surface area (Å²) in [5, 5.41) is 21.0. The van der Waals surface area contributed by atoms with Crippen LogP contribution in [0.1, 0.15) is 49.0 Å². The number of aliphatic carboxylic acids is 1. The van der Waals surface area contributed by atoms with Gasteiger partial charge in [-0.15, -0.1) is 0 Å². The van der Waals surface area contributed by atoms with E-state index in [2.05, 4.69) is 5.32 Å². The van der Waals surface area contributed by atoms with Crippen LogP contribution in [-0.4, -0.2) is 28.6 Å². The summed E-state index contributed by atoms with van der Waals surface area (Å²) in [6, 6.07) is 4.72. The molecule has 1 amide bonds. The Bertz CT molecular complexity index is 523. The molecule has 0 atom stereocenters. The molecule has 1 aromatic rings. The smallest absolute Gasteiger partial charge is 0.303 e. The van der Waals surface area contributed by atoms with E-state index >= 15 is 0 Å². The minimum atomic E-state index is -0.799. The van der Waals surface area contributed by atoms with Gasteiger partial charge in [-0.2, -0.15) is 0 Å². The van der Waals surface area contributed by atoms with Crippen LogP contribution >= 0.6 is 0 Å². The van der Waals surface area contributed by atoms with E-state index in [1.807, 2.05) is 13.8 Å². The van der Waals surface area contributed by atoms with Crippen molar-refractivity contribution < 1.29 is 19.8 Å². The van der Waals surface area contributed by atoms with Crippen molar-refractivity contribution >= 4 is 11.9 Å². The summed E-state index contributed by atoms with van der Waals surface area (Å²) >= 11 is 0. The van der Waals surface area contributed by atoms with E-state index in [1.54, 1.807) is 19.1 Å². The number of carboxylic acids is 1. The average molecular weight is 293 g/mol. The van der Waals surface area contributed by atoms with Crippen molar-refractivity contribution in [1.29, 1.82) is 0 Å². The Morgan fingerprint density at radius 3 is 2.48 bits per heavy atom. The number of phenols is 1. The molecule has 0 saturated carbocycles. The number of aryl methyl sites for hydroxylation is 1. The van der Waals surface area contributed by atoms with E-state index < -0.39 is 5.97 Å². The third kappa shape index (κ3) is 5.85. The highest BCUT2D eigenvalue weighted by atomic mass is 16.4. The lowest BCUT2D eigenvalue weighted by Crippen LogP contribution is -2.28. The second kappa shape index (κ2) is 7.11. The SMILES string of the molecule is Cc1cc(C(=O)NCCC(C)(C)CCC(=O)O)ccc1O. The fraction of sp³-hybridized carbons (Fsp3) is 0.500. The van der Waals surface area contributed by atoms with E-state index in [0.717, 1.165) is 0 Å². The predicted octanol–water partition coefficient (Wildman–Crippen LogP) is 2.71. The van der Waals surface area contributed by atoms with Gasteiger partial charge in [0.2, 0.25) is 0 Å². The van der Waals surface area contributed by atoms with Crippen LogP contribution in [0.15, 0.2) is 18.2 Å². The van der Waals surface area contributed by atoms with Crippen LogP contribution in [0, 0.1) is 12.3 Å². The second-order valence-electron chi connectivity index (χ2n) is 6.07. The zero-order valence-electron chi connectivity index (χ0n) is 12.8. The van der Waals surface area contributed by atoms with Gasteiger partial charge in [-0.3, -0.25) is 9.59 Å². The van der Waals surface area contributed by atoms with Crippen LogP contribution in [0.2, 0.25) is 0 Å². The summed E-state index contributed by atoms with van der Waals surface area (Å²) in [5.74, 6) is -0.819. The van der Waals surface area contributed by atoms with Crippen molar-refractivity contribution in [1.82, 2.24) is 5.32 Å². The maximum atomic E-state index is 12.0. The zero-order chi connectivity index (χ0) is 16.0. The number of carboxylic acid groups (broad SMARTS) is 1. The maximum Gasteiger partial charge on any atom is 0.303 e. The van der Waals surface area contributed by atoms with Gasteiger partial charge < -0.3 is 15.5 Å². The summed E-state index contributed by atoms with van der Waals surface area (Å²) in [6.45, 7) is 6.21. The van der Waals surface area contributed by atoms with Gasteiger partial charge in [-0.1, -0.05) is 13.8 Å². The molecule has 0 aliphatic carbocycles. The Labute approximate surface area is 125 Å². The first-order valence-electron chi connectivity index (χ1n) is 7.01. The molecule has 0 aliphatic rings. The molecule has 0 fully saturated rings. The zero-order valence-corrected chi connectivity index (χ0v) is 12.8. The fourth-order valence-electron chi connectivity index (χ4n) is 1.98. The van der Waals surface area contributed by atoms with Crippen molar-refractivity contribution in [3.05, 3.63) is 29.3 Å². The third-order valence-corrected chi connectivity index (χ3v) is 3.56. The van der Waals surface area contributed by atoms with Gasteiger partial charge in [0.25, 0.3) is 5.91 Å². The Hall–Kier alpha value is -2.04. The number of benzene rings is 1. The molecular formula is C16H23NO4. The molecule has 5 nitrogen and oxygen atoms in total. The molecule has 1 rings (SSSR count). The van der Waals surface area contributed by atoms with Crippen LogP contribution in [0.5, 0.6) is 5.75 Å². The number of aromatic hydroxyl groups is 1. The van der Waals surface area contributed by atoms with Crippen LogP contribution in [0.4, 0.5) is 0 Å². The monoisotopic (exact) mass is 293 g/mol. The van der Waals surface area contributed by atoms with Gasteiger partial charge in [0.05, 0.1) is 0 Å². The molecule has 1 aromatic carbocycles. The van der Waals surface area contributed by atoms with Crippen molar-refractivity contribution in [3.63, 3.8) is 0 Å². The average Bonchev–Trinajstić information content (AvgIpc) is 2.39. The summed E-state index contributed by atoms with van der Waals surface area (Å²) < 4.78 is 0. The normalized spacial score (nSPS) is 11.2. The predicted molar refractivity (Wildman–Crippen MR) is 80.4 cm³/mol. The van der Waals surface area contributed by atoms with Gasteiger partial charge in [0, 0.05) is 18.5 Å². The van der Waals surface area contributed by atoms with Crippen molar-refractivity contribution in [2.75, 3.05) is 6.54 Å².